The van der Waals surface area contributed by atoms with E-state index in [0.717, 1.165) is 19.3 Å². The van der Waals surface area contributed by atoms with Gasteiger partial charge in [-0.15, -0.1) is 0 Å². The molecule has 0 aromatic carbocycles. The molecule has 1 heterocycles. The maximum Gasteiger partial charge on any atom is 0.138 e. The summed E-state index contributed by atoms with van der Waals surface area (Å²) in [4.78, 5) is 12.3. The fraction of sp³-hybridized carbons (Fsp3) is 0.750. The first-order chi connectivity index (χ1) is 8.78. The second kappa shape index (κ2) is 3.71. The molecule has 0 radical (unpaired) electrons. The average molecular weight is 260 g/mol. The minimum absolute atomic E-state index is 0.0804. The lowest BCUT2D eigenvalue weighted by atomic mass is 9.51. The number of fused-ring (bicyclic) bond motifs is 3. The van der Waals surface area contributed by atoms with E-state index in [9.17, 15) is 4.79 Å². The number of hydrogen-bond acceptors (Lipinski definition) is 2. The first kappa shape index (κ1) is 12.9. The van der Waals surface area contributed by atoms with E-state index in [1.165, 1.54) is 17.0 Å². The molecule has 0 amide bonds. The summed E-state index contributed by atoms with van der Waals surface area (Å²) in [6.07, 6.45) is 3.86. The second-order valence-electron chi connectivity index (χ2n) is 7.19. The van der Waals surface area contributed by atoms with Crippen molar-refractivity contribution >= 4 is 5.78 Å². The van der Waals surface area contributed by atoms with E-state index in [0.29, 0.717) is 18.1 Å². The molecule has 1 saturated carbocycles. The lowest BCUT2D eigenvalue weighted by molar-refractivity contribution is -0.137. The van der Waals surface area contributed by atoms with Crippen molar-refractivity contribution in [1.29, 1.82) is 0 Å². The number of carbonyl (C=O) groups is 1. The van der Waals surface area contributed by atoms with Crippen LogP contribution in [0.15, 0.2) is 0 Å². The fourth-order valence-electron chi connectivity index (χ4n) is 4.52. The van der Waals surface area contributed by atoms with Crippen molar-refractivity contribution in [3.05, 3.63) is 17.0 Å². The summed E-state index contributed by atoms with van der Waals surface area (Å²) >= 11 is 0. The predicted molar refractivity (Wildman–Crippen MR) is 75.1 cm³/mol. The SMILES string of the molecule is Cc1c2c(nn1C)[C@@]1(C)CCC(=O)C(C)(C)[C@@H]1CC2. The summed E-state index contributed by atoms with van der Waals surface area (Å²) in [7, 11) is 2.03. The van der Waals surface area contributed by atoms with E-state index in [1.807, 2.05) is 11.7 Å². The maximum absolute atomic E-state index is 12.3. The van der Waals surface area contributed by atoms with Crippen LogP contribution in [-0.2, 0) is 23.7 Å². The van der Waals surface area contributed by atoms with E-state index in [-0.39, 0.29) is 10.8 Å². The maximum atomic E-state index is 12.3. The summed E-state index contributed by atoms with van der Waals surface area (Å²) < 4.78 is 2.02. The molecule has 3 nitrogen and oxygen atoms in total. The fourth-order valence-corrected chi connectivity index (χ4v) is 4.52. The molecule has 104 valence electrons. The van der Waals surface area contributed by atoms with Gasteiger partial charge < -0.3 is 0 Å². The third-order valence-corrected chi connectivity index (χ3v) is 5.91. The van der Waals surface area contributed by atoms with Gasteiger partial charge in [-0.3, -0.25) is 9.48 Å². The molecule has 3 heteroatoms. The zero-order valence-corrected chi connectivity index (χ0v) is 12.7. The topological polar surface area (TPSA) is 34.9 Å². The molecule has 2 atom stereocenters. The highest BCUT2D eigenvalue weighted by Crippen LogP contribution is 2.55. The Bertz CT molecular complexity index is 555. The van der Waals surface area contributed by atoms with Crippen LogP contribution in [0.2, 0.25) is 0 Å². The third kappa shape index (κ3) is 1.50. The van der Waals surface area contributed by atoms with Crippen LogP contribution in [0.4, 0.5) is 0 Å². The molecule has 0 aliphatic heterocycles. The molecule has 0 N–H and O–H groups in total. The van der Waals surface area contributed by atoms with Crippen molar-refractivity contribution in [3.63, 3.8) is 0 Å². The van der Waals surface area contributed by atoms with Crippen LogP contribution in [0.5, 0.6) is 0 Å². The van der Waals surface area contributed by atoms with Crippen molar-refractivity contribution in [2.24, 2.45) is 18.4 Å². The molecule has 1 aromatic rings. The lowest BCUT2D eigenvalue weighted by Crippen LogP contribution is -2.52. The normalized spacial score (nSPS) is 32.9. The van der Waals surface area contributed by atoms with Gasteiger partial charge in [0.15, 0.2) is 0 Å². The van der Waals surface area contributed by atoms with Gasteiger partial charge in [0.05, 0.1) is 5.69 Å². The highest BCUT2D eigenvalue weighted by atomic mass is 16.1. The molecule has 0 unspecified atom stereocenters. The number of aromatic nitrogens is 2. The van der Waals surface area contributed by atoms with E-state index < -0.39 is 0 Å². The minimum Gasteiger partial charge on any atom is -0.299 e. The van der Waals surface area contributed by atoms with Crippen molar-refractivity contribution < 1.29 is 4.79 Å². The Balaban J connectivity index is 2.16. The average Bonchev–Trinajstić information content (AvgIpc) is 2.63. The van der Waals surface area contributed by atoms with Gasteiger partial charge in [0.1, 0.15) is 5.78 Å². The standard InChI is InChI=1S/C16H24N2O/c1-10-11-6-7-12-15(2,3)13(19)8-9-16(12,4)14(11)17-18(10)5/h12H,6-9H2,1-5H3/t12-,16-/m0/s1. The molecule has 0 bridgehead atoms. The number of aryl methyl sites for hydroxylation is 1. The second-order valence-corrected chi connectivity index (χ2v) is 7.19. The van der Waals surface area contributed by atoms with Gasteiger partial charge >= 0.3 is 0 Å². The van der Waals surface area contributed by atoms with Crippen LogP contribution < -0.4 is 0 Å². The zero-order chi connectivity index (χ0) is 14.0. The van der Waals surface area contributed by atoms with E-state index in [2.05, 4.69) is 27.7 Å². The van der Waals surface area contributed by atoms with E-state index >= 15 is 0 Å². The Morgan fingerprint density at radius 2 is 1.95 bits per heavy atom. The van der Waals surface area contributed by atoms with Crippen LogP contribution in [0, 0.1) is 18.3 Å². The van der Waals surface area contributed by atoms with Crippen LogP contribution in [0.3, 0.4) is 0 Å². The van der Waals surface area contributed by atoms with Crippen LogP contribution in [0.1, 0.15) is 57.0 Å². The molecule has 19 heavy (non-hydrogen) atoms. The number of rotatable bonds is 0. The molecule has 1 aromatic heterocycles. The lowest BCUT2D eigenvalue weighted by Gasteiger charge is -2.51. The molecule has 3 rings (SSSR count). The van der Waals surface area contributed by atoms with Gasteiger partial charge in [-0.25, -0.2) is 0 Å². The Labute approximate surface area is 115 Å². The molecular formula is C16H24N2O. The first-order valence-electron chi connectivity index (χ1n) is 7.34. The Morgan fingerprint density at radius 3 is 2.63 bits per heavy atom. The monoisotopic (exact) mass is 260 g/mol. The number of carbonyl (C=O) groups excluding carboxylic acids is 1. The molecular weight excluding hydrogens is 236 g/mol. The Hall–Kier alpha value is -1.12. The number of nitrogens with zero attached hydrogens (tertiary/aromatic N) is 2. The van der Waals surface area contributed by atoms with Crippen molar-refractivity contribution in [2.75, 3.05) is 0 Å². The highest BCUT2D eigenvalue weighted by molar-refractivity contribution is 5.86. The number of ketones is 1. The van der Waals surface area contributed by atoms with Crippen LogP contribution in [0.25, 0.3) is 0 Å². The van der Waals surface area contributed by atoms with Crippen molar-refractivity contribution in [1.82, 2.24) is 9.78 Å². The zero-order valence-electron chi connectivity index (χ0n) is 12.7. The Morgan fingerprint density at radius 1 is 1.26 bits per heavy atom. The van der Waals surface area contributed by atoms with Crippen LogP contribution in [-0.4, -0.2) is 15.6 Å². The molecule has 1 fully saturated rings. The summed E-state index contributed by atoms with van der Waals surface area (Å²) in [6.45, 7) is 8.77. The molecule has 2 aliphatic carbocycles. The highest BCUT2D eigenvalue weighted by Gasteiger charge is 2.54. The van der Waals surface area contributed by atoms with Gasteiger partial charge in [-0.05, 0) is 37.7 Å². The summed E-state index contributed by atoms with van der Waals surface area (Å²) in [5, 5.41) is 4.80. The van der Waals surface area contributed by atoms with E-state index in [1.54, 1.807) is 0 Å². The Kier molecular flexibility index (Phi) is 2.52. The van der Waals surface area contributed by atoms with E-state index in [4.69, 9.17) is 5.10 Å². The minimum atomic E-state index is -0.198. The molecule has 0 saturated heterocycles. The van der Waals surface area contributed by atoms with Gasteiger partial charge in [0, 0.05) is 30.0 Å². The largest absolute Gasteiger partial charge is 0.299 e. The van der Waals surface area contributed by atoms with Gasteiger partial charge in [-0.2, -0.15) is 5.10 Å². The van der Waals surface area contributed by atoms with Gasteiger partial charge in [0.25, 0.3) is 0 Å². The third-order valence-electron chi connectivity index (χ3n) is 5.91. The van der Waals surface area contributed by atoms with Crippen molar-refractivity contribution in [2.45, 2.75) is 58.8 Å². The summed E-state index contributed by atoms with van der Waals surface area (Å²) in [5.74, 6) is 0.870. The first-order valence-corrected chi connectivity index (χ1v) is 7.34. The van der Waals surface area contributed by atoms with Crippen LogP contribution >= 0.6 is 0 Å². The molecule has 2 aliphatic rings. The van der Waals surface area contributed by atoms with Gasteiger partial charge in [-0.1, -0.05) is 20.8 Å². The quantitative estimate of drug-likeness (QED) is 0.719. The number of hydrogen-bond donors (Lipinski definition) is 0. The number of Topliss-reactive ketones (excluding diaryl/α,β-unsaturated/α-hetero) is 1. The smallest absolute Gasteiger partial charge is 0.138 e. The predicted octanol–water partition coefficient (Wildman–Crippen LogP) is 2.94. The summed E-state index contributed by atoms with van der Waals surface area (Å²) in [5.41, 5.74) is 3.88. The molecule has 0 spiro atoms. The van der Waals surface area contributed by atoms with Crippen molar-refractivity contribution in [3.8, 4) is 0 Å². The van der Waals surface area contributed by atoms with Gasteiger partial charge in [0.2, 0.25) is 0 Å². The summed E-state index contributed by atoms with van der Waals surface area (Å²) in [6, 6.07) is 0.